The lowest BCUT2D eigenvalue weighted by Crippen LogP contribution is -2.35. The third kappa shape index (κ3) is 4.63. The molecule has 1 saturated carbocycles. The van der Waals surface area contributed by atoms with Crippen LogP contribution in [-0.4, -0.2) is 39.6 Å². The average Bonchev–Trinajstić information content (AvgIpc) is 2.79. The van der Waals surface area contributed by atoms with Crippen LogP contribution in [0.25, 0.3) is 0 Å². The van der Waals surface area contributed by atoms with Crippen molar-refractivity contribution in [1.29, 1.82) is 0 Å². The number of Topliss-reactive ketones (excluding diaryl/α,β-unsaturated/α-hetero) is 1. The lowest BCUT2D eigenvalue weighted by molar-refractivity contribution is -0.160. The van der Waals surface area contributed by atoms with Crippen LogP contribution in [0, 0.1) is 0 Å². The van der Waals surface area contributed by atoms with Gasteiger partial charge in [0, 0.05) is 12.3 Å². The van der Waals surface area contributed by atoms with Crippen LogP contribution in [-0.2, 0) is 19.1 Å². The number of aliphatic hydroxyl groups is 1. The van der Waals surface area contributed by atoms with Gasteiger partial charge in [0.25, 0.3) is 0 Å². The average molecular weight is 320 g/mol. The quantitative estimate of drug-likeness (QED) is 0.773. The van der Waals surface area contributed by atoms with E-state index < -0.39 is 36.5 Å². The first-order valence-electron chi connectivity index (χ1n) is 7.50. The van der Waals surface area contributed by atoms with Gasteiger partial charge in [-0.15, -0.1) is 0 Å². The van der Waals surface area contributed by atoms with E-state index in [0.29, 0.717) is 12.8 Å². The van der Waals surface area contributed by atoms with Gasteiger partial charge in [0.05, 0.1) is 18.4 Å². The molecule has 6 heteroatoms. The van der Waals surface area contributed by atoms with Crippen molar-refractivity contribution in [2.75, 3.05) is 0 Å². The normalized spacial score (nSPS) is 23.3. The number of hydrogen-bond donors (Lipinski definition) is 2. The molecule has 2 rings (SSSR count). The minimum atomic E-state index is -1.70. The van der Waals surface area contributed by atoms with Gasteiger partial charge in [-0.25, -0.2) is 0 Å². The third-order valence-electron chi connectivity index (χ3n) is 3.93. The van der Waals surface area contributed by atoms with Crippen molar-refractivity contribution in [1.82, 2.24) is 0 Å². The summed E-state index contributed by atoms with van der Waals surface area (Å²) >= 11 is 0. The molecule has 1 aliphatic rings. The molecule has 0 radical (unpaired) electrons. The fourth-order valence-corrected chi connectivity index (χ4v) is 2.89. The maximum Gasteiger partial charge on any atom is 0.309 e. The van der Waals surface area contributed by atoms with Gasteiger partial charge in [-0.3, -0.25) is 14.4 Å². The topological polar surface area (TPSA) is 101 Å². The summed E-state index contributed by atoms with van der Waals surface area (Å²) in [6.07, 6.45) is -0.964. The Hall–Kier alpha value is -2.21. The Balaban J connectivity index is 2.03. The summed E-state index contributed by atoms with van der Waals surface area (Å²) in [5.41, 5.74) is -0.777. The van der Waals surface area contributed by atoms with Crippen LogP contribution < -0.4 is 0 Å². The van der Waals surface area contributed by atoms with Gasteiger partial charge in [-0.1, -0.05) is 30.3 Å². The van der Waals surface area contributed by atoms with E-state index in [0.717, 1.165) is 5.56 Å². The molecule has 0 amide bonds. The van der Waals surface area contributed by atoms with Crippen LogP contribution in [0.3, 0.4) is 0 Å². The van der Waals surface area contributed by atoms with Crippen LogP contribution in [0.4, 0.5) is 0 Å². The van der Waals surface area contributed by atoms with E-state index in [1.807, 2.05) is 30.3 Å². The predicted molar refractivity (Wildman–Crippen MR) is 80.8 cm³/mol. The first-order valence-corrected chi connectivity index (χ1v) is 7.50. The second kappa shape index (κ2) is 6.91. The van der Waals surface area contributed by atoms with Gasteiger partial charge in [-0.05, 0) is 18.9 Å². The Kier molecular flexibility index (Phi) is 5.15. The fourth-order valence-electron chi connectivity index (χ4n) is 2.89. The van der Waals surface area contributed by atoms with Crippen LogP contribution in [0.5, 0.6) is 0 Å². The molecule has 0 unspecified atom stereocenters. The summed E-state index contributed by atoms with van der Waals surface area (Å²) in [4.78, 5) is 34.7. The van der Waals surface area contributed by atoms with Gasteiger partial charge in [0.15, 0.2) is 11.9 Å². The summed E-state index contributed by atoms with van der Waals surface area (Å²) in [6.45, 7) is 1.26. The molecule has 2 N–H and O–H groups in total. The third-order valence-corrected chi connectivity index (χ3v) is 3.93. The number of carboxylic acids is 1. The molecular formula is C17H20O6. The lowest BCUT2D eigenvalue weighted by Gasteiger charge is -2.23. The van der Waals surface area contributed by atoms with Gasteiger partial charge in [0.2, 0.25) is 0 Å². The van der Waals surface area contributed by atoms with E-state index in [9.17, 15) is 19.5 Å². The Bertz CT molecular complexity index is 592. The van der Waals surface area contributed by atoms with Gasteiger partial charge >= 0.3 is 11.9 Å². The highest BCUT2D eigenvalue weighted by Crippen LogP contribution is 2.35. The summed E-state index contributed by atoms with van der Waals surface area (Å²) in [7, 11) is 0. The number of rotatable bonds is 6. The SMILES string of the molecule is C[C@](O)(CC(=O)O)CC(=O)O[C@H]1C(=O)CC[C@@H]1c1ccccc1. The van der Waals surface area contributed by atoms with Crippen LogP contribution >= 0.6 is 0 Å². The Morgan fingerprint density at radius 2 is 1.91 bits per heavy atom. The second-order valence-corrected chi connectivity index (χ2v) is 6.18. The minimum absolute atomic E-state index is 0.148. The van der Waals surface area contributed by atoms with E-state index in [1.165, 1.54) is 6.92 Å². The van der Waals surface area contributed by atoms with Gasteiger partial charge < -0.3 is 14.9 Å². The highest BCUT2D eigenvalue weighted by atomic mass is 16.5. The van der Waals surface area contributed by atoms with Crippen LogP contribution in [0.15, 0.2) is 30.3 Å². The lowest BCUT2D eigenvalue weighted by atomic mass is 9.95. The Morgan fingerprint density at radius 1 is 1.26 bits per heavy atom. The Morgan fingerprint density at radius 3 is 2.52 bits per heavy atom. The standard InChI is InChI=1S/C17H20O6/c1-17(22,9-14(19)20)10-15(21)23-16-12(7-8-13(16)18)11-5-3-2-4-6-11/h2-6,12,16,22H,7-10H2,1H3,(H,19,20)/t12-,16-,17+/m1/s1. The minimum Gasteiger partial charge on any atom is -0.481 e. The highest BCUT2D eigenvalue weighted by molar-refractivity contribution is 5.89. The van der Waals surface area contributed by atoms with E-state index in [4.69, 9.17) is 9.84 Å². The van der Waals surface area contributed by atoms with E-state index >= 15 is 0 Å². The molecule has 1 aliphatic carbocycles. The van der Waals surface area contributed by atoms with Crippen molar-refractivity contribution in [3.05, 3.63) is 35.9 Å². The molecule has 1 aromatic rings. The zero-order valence-electron chi connectivity index (χ0n) is 12.9. The maximum absolute atomic E-state index is 12.0. The summed E-state index contributed by atoms with van der Waals surface area (Å²) in [6, 6.07) is 9.34. The molecule has 1 aromatic carbocycles. The molecule has 0 aliphatic heterocycles. The number of ketones is 1. The number of benzene rings is 1. The molecule has 0 saturated heterocycles. The van der Waals surface area contributed by atoms with Crippen molar-refractivity contribution in [3.63, 3.8) is 0 Å². The fraction of sp³-hybridized carbons (Fsp3) is 0.471. The van der Waals surface area contributed by atoms with Crippen molar-refractivity contribution >= 4 is 17.7 Å². The molecule has 23 heavy (non-hydrogen) atoms. The molecule has 0 bridgehead atoms. The molecule has 3 atom stereocenters. The number of carbonyl (C=O) groups excluding carboxylic acids is 2. The van der Waals surface area contributed by atoms with Crippen LogP contribution in [0.2, 0.25) is 0 Å². The van der Waals surface area contributed by atoms with E-state index in [-0.39, 0.29) is 11.7 Å². The number of aliphatic carboxylic acids is 1. The zero-order valence-corrected chi connectivity index (χ0v) is 12.9. The molecule has 0 aromatic heterocycles. The Labute approximate surface area is 134 Å². The van der Waals surface area contributed by atoms with Crippen molar-refractivity contribution < 1.29 is 29.3 Å². The first kappa shape index (κ1) is 17.1. The van der Waals surface area contributed by atoms with E-state index in [2.05, 4.69) is 0 Å². The summed E-state index contributed by atoms with van der Waals surface area (Å²) < 4.78 is 5.27. The maximum atomic E-state index is 12.0. The predicted octanol–water partition coefficient (Wildman–Crippen LogP) is 1.66. The van der Waals surface area contributed by atoms with Crippen molar-refractivity contribution in [2.45, 2.75) is 50.2 Å². The second-order valence-electron chi connectivity index (χ2n) is 6.18. The van der Waals surface area contributed by atoms with Gasteiger partial charge in [-0.2, -0.15) is 0 Å². The molecule has 6 nitrogen and oxygen atoms in total. The van der Waals surface area contributed by atoms with Crippen molar-refractivity contribution in [3.8, 4) is 0 Å². The van der Waals surface area contributed by atoms with Crippen LogP contribution in [0.1, 0.15) is 44.1 Å². The van der Waals surface area contributed by atoms with Gasteiger partial charge in [0.1, 0.15) is 0 Å². The van der Waals surface area contributed by atoms with Crippen molar-refractivity contribution in [2.24, 2.45) is 0 Å². The number of carboxylic acid groups (broad SMARTS) is 1. The number of ether oxygens (including phenoxy) is 1. The molecule has 124 valence electrons. The van der Waals surface area contributed by atoms with E-state index in [1.54, 1.807) is 0 Å². The molecule has 0 heterocycles. The first-order chi connectivity index (χ1) is 10.8. The summed E-state index contributed by atoms with van der Waals surface area (Å²) in [5, 5.41) is 18.6. The molecular weight excluding hydrogens is 300 g/mol. The number of carbonyl (C=O) groups is 3. The zero-order chi connectivity index (χ0) is 17.0. The molecule has 1 fully saturated rings. The summed E-state index contributed by atoms with van der Waals surface area (Å²) in [5.74, 6) is -2.32. The largest absolute Gasteiger partial charge is 0.481 e. The number of esters is 1. The smallest absolute Gasteiger partial charge is 0.309 e. The number of hydrogen-bond acceptors (Lipinski definition) is 5. The monoisotopic (exact) mass is 320 g/mol. The highest BCUT2D eigenvalue weighted by Gasteiger charge is 2.39. The molecule has 0 spiro atoms.